The second-order valence-electron chi connectivity index (χ2n) is 5.52. The molecule has 1 amide bonds. The third-order valence-corrected chi connectivity index (χ3v) is 3.65. The lowest BCUT2D eigenvalue weighted by Gasteiger charge is -2.31. The summed E-state index contributed by atoms with van der Waals surface area (Å²) in [6, 6.07) is 0. The lowest BCUT2D eigenvalue weighted by molar-refractivity contribution is -0.152. The summed E-state index contributed by atoms with van der Waals surface area (Å²) in [4.78, 5) is 25.1. The van der Waals surface area contributed by atoms with Crippen molar-refractivity contribution in [1.82, 2.24) is 4.90 Å². The molecule has 1 fully saturated rings. The minimum atomic E-state index is -0.843. The number of carboxylic acids is 1. The van der Waals surface area contributed by atoms with Crippen molar-refractivity contribution in [3.05, 3.63) is 0 Å². The largest absolute Gasteiger partial charge is 0.481 e. The fourth-order valence-electron chi connectivity index (χ4n) is 2.54. The molecular weight excluding hydrogens is 246 g/mol. The Bertz CT molecular complexity index is 317. The van der Waals surface area contributed by atoms with E-state index >= 15 is 0 Å². The van der Waals surface area contributed by atoms with Crippen molar-refractivity contribution in [3.8, 4) is 0 Å². The molecule has 5 heteroatoms. The Kier molecular flexibility index (Phi) is 6.28. The predicted octanol–water partition coefficient (Wildman–Crippen LogP) is 1.76. The van der Waals surface area contributed by atoms with E-state index in [1.165, 1.54) is 0 Å². The molecule has 0 spiro atoms. The standard InChI is InChI=1S/C14H25NO4/c1-10(2)19-9-8-15(3)13(16)11-6-4-5-7-12(11)14(17)18/h10-12H,4-9H2,1-3H3,(H,17,18). The van der Waals surface area contributed by atoms with Crippen LogP contribution in [0, 0.1) is 11.8 Å². The molecule has 1 aliphatic rings. The van der Waals surface area contributed by atoms with E-state index in [0.29, 0.717) is 26.0 Å². The Balaban J connectivity index is 2.51. The van der Waals surface area contributed by atoms with Crippen LogP contribution in [-0.4, -0.2) is 48.2 Å². The lowest BCUT2D eigenvalue weighted by Crippen LogP contribution is -2.42. The van der Waals surface area contributed by atoms with Crippen LogP contribution in [0.25, 0.3) is 0 Å². The quantitative estimate of drug-likeness (QED) is 0.799. The molecule has 1 saturated carbocycles. The summed E-state index contributed by atoms with van der Waals surface area (Å²) in [7, 11) is 1.72. The van der Waals surface area contributed by atoms with Gasteiger partial charge in [-0.05, 0) is 26.7 Å². The molecule has 0 radical (unpaired) electrons. The van der Waals surface area contributed by atoms with Gasteiger partial charge in [0.2, 0.25) is 5.91 Å². The zero-order valence-corrected chi connectivity index (χ0v) is 12.1. The van der Waals surface area contributed by atoms with Gasteiger partial charge in [-0.3, -0.25) is 9.59 Å². The Labute approximate surface area is 114 Å². The van der Waals surface area contributed by atoms with Crippen molar-refractivity contribution in [2.24, 2.45) is 11.8 Å². The molecule has 0 aromatic heterocycles. The number of hydrogen-bond donors (Lipinski definition) is 1. The van der Waals surface area contributed by atoms with E-state index in [0.717, 1.165) is 12.8 Å². The average molecular weight is 271 g/mol. The highest BCUT2D eigenvalue weighted by Crippen LogP contribution is 2.31. The summed E-state index contributed by atoms with van der Waals surface area (Å²) in [6.45, 7) is 4.90. The molecule has 1 N–H and O–H groups in total. The van der Waals surface area contributed by atoms with Crippen LogP contribution in [0.15, 0.2) is 0 Å². The maximum absolute atomic E-state index is 12.3. The first-order chi connectivity index (χ1) is 8.93. The maximum atomic E-state index is 12.3. The zero-order chi connectivity index (χ0) is 14.4. The number of hydrogen-bond acceptors (Lipinski definition) is 3. The summed E-state index contributed by atoms with van der Waals surface area (Å²) in [6.07, 6.45) is 3.29. The van der Waals surface area contributed by atoms with Gasteiger partial charge in [0, 0.05) is 13.6 Å². The van der Waals surface area contributed by atoms with Crippen LogP contribution >= 0.6 is 0 Å². The number of aliphatic carboxylic acids is 1. The van der Waals surface area contributed by atoms with Crippen LogP contribution in [0.3, 0.4) is 0 Å². The second kappa shape index (κ2) is 7.48. The number of carbonyl (C=O) groups excluding carboxylic acids is 1. The highest BCUT2D eigenvalue weighted by atomic mass is 16.5. The summed E-state index contributed by atoms with van der Waals surface area (Å²) in [5.74, 6) is -1.78. The number of amides is 1. The molecule has 2 atom stereocenters. The Morgan fingerprint density at radius 3 is 2.37 bits per heavy atom. The number of rotatable bonds is 6. The van der Waals surface area contributed by atoms with Crippen molar-refractivity contribution in [2.45, 2.75) is 45.6 Å². The number of nitrogens with zero attached hydrogens (tertiary/aromatic N) is 1. The smallest absolute Gasteiger partial charge is 0.307 e. The Morgan fingerprint density at radius 2 is 1.84 bits per heavy atom. The van der Waals surface area contributed by atoms with E-state index in [1.54, 1.807) is 11.9 Å². The molecule has 0 aromatic rings. The van der Waals surface area contributed by atoms with Gasteiger partial charge in [0.05, 0.1) is 24.5 Å². The van der Waals surface area contributed by atoms with Crippen molar-refractivity contribution >= 4 is 11.9 Å². The van der Waals surface area contributed by atoms with Gasteiger partial charge in [-0.25, -0.2) is 0 Å². The van der Waals surface area contributed by atoms with E-state index < -0.39 is 11.9 Å². The summed E-state index contributed by atoms with van der Waals surface area (Å²) < 4.78 is 5.41. The SMILES string of the molecule is CC(C)OCCN(C)C(=O)C1CCCCC1C(=O)O. The van der Waals surface area contributed by atoms with Crippen LogP contribution in [-0.2, 0) is 14.3 Å². The van der Waals surface area contributed by atoms with Crippen LogP contribution in [0.2, 0.25) is 0 Å². The van der Waals surface area contributed by atoms with Crippen molar-refractivity contribution < 1.29 is 19.4 Å². The van der Waals surface area contributed by atoms with Gasteiger partial charge in [0.1, 0.15) is 0 Å². The minimum absolute atomic E-state index is 0.0561. The topological polar surface area (TPSA) is 66.8 Å². The van der Waals surface area contributed by atoms with Crippen LogP contribution in [0.4, 0.5) is 0 Å². The molecule has 0 aliphatic heterocycles. The fourth-order valence-corrected chi connectivity index (χ4v) is 2.54. The molecule has 0 saturated heterocycles. The molecule has 0 bridgehead atoms. The van der Waals surface area contributed by atoms with Gasteiger partial charge < -0.3 is 14.7 Å². The van der Waals surface area contributed by atoms with Crippen LogP contribution in [0.5, 0.6) is 0 Å². The Hall–Kier alpha value is -1.10. The molecule has 0 aromatic carbocycles. The summed E-state index contributed by atoms with van der Waals surface area (Å²) in [5.41, 5.74) is 0. The third kappa shape index (κ3) is 4.82. The first-order valence-corrected chi connectivity index (χ1v) is 7.03. The zero-order valence-electron chi connectivity index (χ0n) is 12.1. The average Bonchev–Trinajstić information content (AvgIpc) is 2.37. The van der Waals surface area contributed by atoms with E-state index in [2.05, 4.69) is 0 Å². The third-order valence-electron chi connectivity index (χ3n) is 3.65. The molecule has 2 unspecified atom stereocenters. The van der Waals surface area contributed by atoms with Crippen molar-refractivity contribution in [2.75, 3.05) is 20.2 Å². The monoisotopic (exact) mass is 271 g/mol. The first-order valence-electron chi connectivity index (χ1n) is 7.03. The summed E-state index contributed by atoms with van der Waals surface area (Å²) in [5, 5.41) is 9.19. The van der Waals surface area contributed by atoms with E-state index in [-0.39, 0.29) is 17.9 Å². The normalized spacial score (nSPS) is 23.4. The van der Waals surface area contributed by atoms with Gasteiger partial charge in [0.25, 0.3) is 0 Å². The molecule has 1 rings (SSSR count). The number of ether oxygens (including phenoxy) is 1. The number of likely N-dealkylation sites (N-methyl/N-ethyl adjacent to an activating group) is 1. The Morgan fingerprint density at radius 1 is 1.26 bits per heavy atom. The fraction of sp³-hybridized carbons (Fsp3) is 0.857. The number of carboxylic acid groups (broad SMARTS) is 1. The van der Waals surface area contributed by atoms with Gasteiger partial charge in [-0.15, -0.1) is 0 Å². The molecule has 110 valence electrons. The molecular formula is C14H25NO4. The highest BCUT2D eigenvalue weighted by molar-refractivity contribution is 5.84. The van der Waals surface area contributed by atoms with Gasteiger partial charge in [-0.1, -0.05) is 12.8 Å². The predicted molar refractivity (Wildman–Crippen MR) is 71.8 cm³/mol. The van der Waals surface area contributed by atoms with Crippen LogP contribution < -0.4 is 0 Å². The van der Waals surface area contributed by atoms with E-state index in [9.17, 15) is 14.7 Å². The number of carbonyl (C=O) groups is 2. The van der Waals surface area contributed by atoms with E-state index in [4.69, 9.17) is 4.74 Å². The second-order valence-corrected chi connectivity index (χ2v) is 5.52. The first kappa shape index (κ1) is 16.0. The van der Waals surface area contributed by atoms with E-state index in [1.807, 2.05) is 13.8 Å². The molecule has 19 heavy (non-hydrogen) atoms. The van der Waals surface area contributed by atoms with Crippen molar-refractivity contribution in [1.29, 1.82) is 0 Å². The highest BCUT2D eigenvalue weighted by Gasteiger charge is 2.36. The van der Waals surface area contributed by atoms with Gasteiger partial charge in [0.15, 0.2) is 0 Å². The summed E-state index contributed by atoms with van der Waals surface area (Å²) >= 11 is 0. The molecule has 0 heterocycles. The van der Waals surface area contributed by atoms with Crippen molar-refractivity contribution in [3.63, 3.8) is 0 Å². The lowest BCUT2D eigenvalue weighted by atomic mass is 9.78. The van der Waals surface area contributed by atoms with Crippen LogP contribution in [0.1, 0.15) is 39.5 Å². The van der Waals surface area contributed by atoms with Gasteiger partial charge >= 0.3 is 5.97 Å². The molecule has 5 nitrogen and oxygen atoms in total. The maximum Gasteiger partial charge on any atom is 0.307 e. The molecule has 1 aliphatic carbocycles. The van der Waals surface area contributed by atoms with Gasteiger partial charge in [-0.2, -0.15) is 0 Å². The minimum Gasteiger partial charge on any atom is -0.481 e.